The zero-order valence-electron chi connectivity index (χ0n) is 14.0. The van der Waals surface area contributed by atoms with Crippen molar-refractivity contribution < 1.29 is 4.74 Å². The molecule has 4 heteroatoms. The maximum Gasteiger partial charge on any atom is 0.124 e. The van der Waals surface area contributed by atoms with E-state index in [0.717, 1.165) is 31.2 Å². The van der Waals surface area contributed by atoms with Gasteiger partial charge in [0.1, 0.15) is 11.6 Å². The molecule has 0 amide bonds. The minimum atomic E-state index is 0.198. The highest BCUT2D eigenvalue weighted by molar-refractivity contribution is 5.33. The van der Waals surface area contributed by atoms with Crippen molar-refractivity contribution in [2.24, 2.45) is 5.92 Å². The number of imidazole rings is 1. The third-order valence-corrected chi connectivity index (χ3v) is 3.58. The van der Waals surface area contributed by atoms with Gasteiger partial charge in [0.15, 0.2) is 0 Å². The highest BCUT2D eigenvalue weighted by Crippen LogP contribution is 2.19. The molecule has 1 unspecified atom stereocenters. The fourth-order valence-electron chi connectivity index (χ4n) is 2.47. The van der Waals surface area contributed by atoms with Crippen LogP contribution in [0, 0.1) is 12.8 Å². The van der Waals surface area contributed by atoms with Gasteiger partial charge in [0.05, 0.1) is 6.10 Å². The van der Waals surface area contributed by atoms with Crippen LogP contribution in [0.5, 0.6) is 5.75 Å². The number of nitrogens with one attached hydrogen (secondary N) is 1. The van der Waals surface area contributed by atoms with E-state index in [1.165, 1.54) is 5.56 Å². The number of nitrogens with zero attached hydrogens (tertiary/aromatic N) is 2. The zero-order chi connectivity index (χ0) is 15.9. The van der Waals surface area contributed by atoms with Crippen molar-refractivity contribution in [3.05, 3.63) is 48.0 Å². The van der Waals surface area contributed by atoms with Crippen LogP contribution in [0.3, 0.4) is 0 Å². The average molecular weight is 301 g/mol. The molecule has 4 nitrogen and oxygen atoms in total. The van der Waals surface area contributed by atoms with E-state index in [2.05, 4.69) is 47.8 Å². The van der Waals surface area contributed by atoms with Crippen LogP contribution >= 0.6 is 0 Å². The Kier molecular flexibility index (Phi) is 6.01. The van der Waals surface area contributed by atoms with E-state index >= 15 is 0 Å². The molecule has 0 aliphatic rings. The van der Waals surface area contributed by atoms with Crippen LogP contribution in [-0.4, -0.2) is 22.2 Å². The molecule has 1 N–H and O–H groups in total. The molecule has 1 aromatic carbocycles. The lowest BCUT2D eigenvalue weighted by Gasteiger charge is -2.17. The highest BCUT2D eigenvalue weighted by Gasteiger charge is 2.07. The topological polar surface area (TPSA) is 39.1 Å². The summed E-state index contributed by atoms with van der Waals surface area (Å²) in [5.41, 5.74) is 1.21. The molecule has 2 rings (SSSR count). The number of aryl methyl sites for hydroxylation is 1. The van der Waals surface area contributed by atoms with E-state index < -0.39 is 0 Å². The molecule has 0 aliphatic carbocycles. The third-order valence-electron chi connectivity index (χ3n) is 3.58. The number of hydrogen-bond donors (Lipinski definition) is 1. The Morgan fingerprint density at radius 3 is 2.68 bits per heavy atom. The molecule has 0 radical (unpaired) electrons. The van der Waals surface area contributed by atoms with E-state index in [0.29, 0.717) is 5.92 Å². The van der Waals surface area contributed by atoms with Crippen molar-refractivity contribution in [3.63, 3.8) is 0 Å². The fourth-order valence-corrected chi connectivity index (χ4v) is 2.47. The number of hydrogen-bond acceptors (Lipinski definition) is 3. The molecule has 0 bridgehead atoms. The first kappa shape index (κ1) is 16.6. The summed E-state index contributed by atoms with van der Waals surface area (Å²) in [6.07, 6.45) is 4.09. The van der Waals surface area contributed by atoms with Crippen molar-refractivity contribution in [1.29, 1.82) is 0 Å². The van der Waals surface area contributed by atoms with E-state index in [1.807, 2.05) is 31.5 Å². The maximum absolute atomic E-state index is 5.85. The third kappa shape index (κ3) is 4.88. The van der Waals surface area contributed by atoms with Crippen LogP contribution in [0.15, 0.2) is 36.7 Å². The summed E-state index contributed by atoms with van der Waals surface area (Å²) >= 11 is 0. The minimum absolute atomic E-state index is 0.198. The Bertz CT molecular complexity index is 577. The van der Waals surface area contributed by atoms with Crippen molar-refractivity contribution in [3.8, 4) is 5.75 Å². The van der Waals surface area contributed by atoms with Crippen molar-refractivity contribution in [2.45, 2.75) is 46.9 Å². The summed E-state index contributed by atoms with van der Waals surface area (Å²) in [5, 5.41) is 3.53. The molecule has 0 spiro atoms. The highest BCUT2D eigenvalue weighted by atomic mass is 16.5. The van der Waals surface area contributed by atoms with Crippen molar-refractivity contribution in [2.75, 3.05) is 6.54 Å². The Balaban J connectivity index is 1.82. The summed E-state index contributed by atoms with van der Waals surface area (Å²) in [4.78, 5) is 4.26. The molecule has 0 fully saturated rings. The lowest BCUT2D eigenvalue weighted by molar-refractivity contribution is 0.239. The molecule has 0 saturated carbocycles. The van der Waals surface area contributed by atoms with Gasteiger partial charge < -0.3 is 14.6 Å². The zero-order valence-corrected chi connectivity index (χ0v) is 14.0. The van der Waals surface area contributed by atoms with E-state index in [9.17, 15) is 0 Å². The van der Waals surface area contributed by atoms with Gasteiger partial charge >= 0.3 is 0 Å². The largest absolute Gasteiger partial charge is 0.491 e. The van der Waals surface area contributed by atoms with Crippen molar-refractivity contribution >= 4 is 0 Å². The Morgan fingerprint density at radius 1 is 1.23 bits per heavy atom. The second kappa shape index (κ2) is 7.99. The van der Waals surface area contributed by atoms with Gasteiger partial charge in [0.2, 0.25) is 0 Å². The minimum Gasteiger partial charge on any atom is -0.491 e. The first-order valence-electron chi connectivity index (χ1n) is 7.99. The van der Waals surface area contributed by atoms with Gasteiger partial charge in [-0.25, -0.2) is 4.98 Å². The van der Waals surface area contributed by atoms with Crippen LogP contribution in [0.25, 0.3) is 0 Å². The van der Waals surface area contributed by atoms with Crippen LogP contribution in [-0.2, 0) is 13.1 Å². The first-order chi connectivity index (χ1) is 10.6. The van der Waals surface area contributed by atoms with Gasteiger partial charge in [-0.3, -0.25) is 0 Å². The van der Waals surface area contributed by atoms with Gasteiger partial charge in [-0.15, -0.1) is 0 Å². The second-order valence-electron chi connectivity index (χ2n) is 6.14. The predicted octanol–water partition coefficient (Wildman–Crippen LogP) is 3.40. The second-order valence-corrected chi connectivity index (χ2v) is 6.14. The predicted molar refractivity (Wildman–Crippen MR) is 90.0 cm³/mol. The summed E-state index contributed by atoms with van der Waals surface area (Å²) in [7, 11) is 0. The number of aromatic nitrogens is 2. The smallest absolute Gasteiger partial charge is 0.124 e. The number of rotatable bonds is 8. The maximum atomic E-state index is 5.85. The molecule has 1 atom stereocenters. The quantitative estimate of drug-likeness (QED) is 0.812. The Labute approximate surface area is 133 Å². The standard InChI is InChI=1S/C18H27N3O/c1-14(2)22-18-8-6-5-7-17(18)12-19-11-15(3)13-21-10-9-20-16(21)4/h5-10,14-15,19H,11-13H2,1-4H3. The molecular weight excluding hydrogens is 274 g/mol. The molecule has 0 aliphatic heterocycles. The van der Waals surface area contributed by atoms with E-state index in [4.69, 9.17) is 4.74 Å². The number of benzene rings is 1. The molecule has 2 aromatic rings. The van der Waals surface area contributed by atoms with Crippen LogP contribution in [0.1, 0.15) is 32.2 Å². The fraction of sp³-hybridized carbons (Fsp3) is 0.500. The van der Waals surface area contributed by atoms with E-state index in [1.54, 1.807) is 0 Å². The van der Waals surface area contributed by atoms with Gasteiger partial charge in [-0.2, -0.15) is 0 Å². The monoisotopic (exact) mass is 301 g/mol. The molecule has 22 heavy (non-hydrogen) atoms. The van der Waals surface area contributed by atoms with E-state index in [-0.39, 0.29) is 6.10 Å². The van der Waals surface area contributed by atoms with Gasteiger partial charge in [-0.05, 0) is 39.3 Å². The number of para-hydroxylation sites is 1. The summed E-state index contributed by atoms with van der Waals surface area (Å²) in [6, 6.07) is 8.23. The van der Waals surface area contributed by atoms with Gasteiger partial charge in [-0.1, -0.05) is 25.1 Å². The SMILES string of the molecule is Cc1nccn1CC(C)CNCc1ccccc1OC(C)C. The normalized spacial score (nSPS) is 12.6. The molecular formula is C18H27N3O. The Morgan fingerprint density at radius 2 is 2.00 bits per heavy atom. The average Bonchev–Trinajstić information content (AvgIpc) is 2.85. The summed E-state index contributed by atoms with van der Waals surface area (Å²) in [6.45, 7) is 11.2. The Hall–Kier alpha value is -1.81. The lowest BCUT2D eigenvalue weighted by Crippen LogP contribution is -2.24. The van der Waals surface area contributed by atoms with Crippen LogP contribution in [0.2, 0.25) is 0 Å². The van der Waals surface area contributed by atoms with Crippen LogP contribution in [0.4, 0.5) is 0 Å². The molecule has 0 saturated heterocycles. The van der Waals surface area contributed by atoms with Gasteiger partial charge in [0.25, 0.3) is 0 Å². The molecule has 120 valence electrons. The first-order valence-corrected chi connectivity index (χ1v) is 7.99. The molecule has 1 aromatic heterocycles. The van der Waals surface area contributed by atoms with Crippen LogP contribution < -0.4 is 10.1 Å². The van der Waals surface area contributed by atoms with Gasteiger partial charge in [0, 0.05) is 31.0 Å². The number of ether oxygens (including phenoxy) is 1. The lowest BCUT2D eigenvalue weighted by atomic mass is 10.1. The van der Waals surface area contributed by atoms with Crippen molar-refractivity contribution in [1.82, 2.24) is 14.9 Å². The summed E-state index contributed by atoms with van der Waals surface area (Å²) < 4.78 is 8.05. The molecule has 1 heterocycles. The summed E-state index contributed by atoms with van der Waals surface area (Å²) in [5.74, 6) is 2.59.